The summed E-state index contributed by atoms with van der Waals surface area (Å²) in [7, 11) is 0. The van der Waals surface area contributed by atoms with Crippen molar-refractivity contribution >= 4 is 29.5 Å². The van der Waals surface area contributed by atoms with Crippen molar-refractivity contribution in [2.75, 3.05) is 31.3 Å². The second-order valence-electron chi connectivity index (χ2n) is 6.53. The van der Waals surface area contributed by atoms with Crippen LogP contribution in [0.5, 0.6) is 0 Å². The highest BCUT2D eigenvalue weighted by atomic mass is 32.2. The van der Waals surface area contributed by atoms with Gasteiger partial charge in [0.2, 0.25) is 5.91 Å². The molecule has 2 amide bonds. The van der Waals surface area contributed by atoms with Crippen molar-refractivity contribution in [3.8, 4) is 0 Å². The Morgan fingerprint density at radius 3 is 2.73 bits per heavy atom. The number of hydrogen-bond acceptors (Lipinski definition) is 5. The molecule has 1 aromatic rings. The number of nitrogens with zero attached hydrogens (tertiary/aromatic N) is 2. The maximum atomic E-state index is 13.0. The molecule has 7 heteroatoms. The maximum Gasteiger partial charge on any atom is 0.310 e. The van der Waals surface area contributed by atoms with E-state index in [1.165, 1.54) is 0 Å². The van der Waals surface area contributed by atoms with Gasteiger partial charge in [0.05, 0.1) is 18.4 Å². The van der Waals surface area contributed by atoms with Gasteiger partial charge in [-0.3, -0.25) is 14.4 Å². The van der Waals surface area contributed by atoms with E-state index in [0.717, 1.165) is 12.8 Å². The summed E-state index contributed by atoms with van der Waals surface area (Å²) in [6, 6.07) is 8.58. The van der Waals surface area contributed by atoms with Crippen LogP contribution < -0.4 is 0 Å². The molecule has 26 heavy (non-hydrogen) atoms. The number of hydrogen-bond donors (Lipinski definition) is 0. The highest BCUT2D eigenvalue weighted by Crippen LogP contribution is 2.27. The van der Waals surface area contributed by atoms with Crippen LogP contribution in [0.2, 0.25) is 0 Å². The Labute approximate surface area is 157 Å². The van der Waals surface area contributed by atoms with Crippen molar-refractivity contribution in [2.45, 2.75) is 25.8 Å². The van der Waals surface area contributed by atoms with Crippen LogP contribution in [0.15, 0.2) is 30.3 Å². The van der Waals surface area contributed by atoms with Crippen LogP contribution >= 0.6 is 11.8 Å². The van der Waals surface area contributed by atoms with Gasteiger partial charge in [-0.1, -0.05) is 18.2 Å². The molecule has 0 radical (unpaired) electrons. The van der Waals surface area contributed by atoms with Crippen molar-refractivity contribution in [3.05, 3.63) is 35.9 Å². The topological polar surface area (TPSA) is 66.9 Å². The van der Waals surface area contributed by atoms with Crippen LogP contribution in [-0.2, 0) is 14.3 Å². The van der Waals surface area contributed by atoms with Crippen LogP contribution in [0.3, 0.4) is 0 Å². The van der Waals surface area contributed by atoms with Gasteiger partial charge in [0.15, 0.2) is 0 Å². The van der Waals surface area contributed by atoms with Crippen LogP contribution in [0.4, 0.5) is 0 Å². The van der Waals surface area contributed by atoms with Gasteiger partial charge in [0.25, 0.3) is 5.91 Å². The number of esters is 1. The van der Waals surface area contributed by atoms with E-state index in [0.29, 0.717) is 36.9 Å². The molecule has 2 saturated heterocycles. The van der Waals surface area contributed by atoms with Crippen LogP contribution in [-0.4, -0.2) is 65.0 Å². The normalized spacial score (nSPS) is 23.0. The Balaban J connectivity index is 1.68. The molecule has 0 saturated carbocycles. The molecule has 0 spiro atoms. The highest BCUT2D eigenvalue weighted by molar-refractivity contribution is 7.99. The molecular formula is C19H24N2O4S. The lowest BCUT2D eigenvalue weighted by atomic mass is 9.97. The predicted molar refractivity (Wildman–Crippen MR) is 99.7 cm³/mol. The van der Waals surface area contributed by atoms with Crippen LogP contribution in [0.25, 0.3) is 0 Å². The van der Waals surface area contributed by atoms with E-state index in [1.54, 1.807) is 40.6 Å². The van der Waals surface area contributed by atoms with Crippen molar-refractivity contribution < 1.29 is 19.1 Å². The first kappa shape index (κ1) is 18.8. The van der Waals surface area contributed by atoms with Crippen molar-refractivity contribution in [2.24, 2.45) is 5.92 Å². The molecule has 0 aliphatic carbocycles. The van der Waals surface area contributed by atoms with E-state index in [2.05, 4.69) is 0 Å². The number of rotatable bonds is 4. The third-order valence-corrected chi connectivity index (χ3v) is 5.81. The Bertz CT molecular complexity index is 667. The SMILES string of the molecule is CCOC(=O)[C@@H]1CCCN(C(=O)[C@@H]2CSCN2C(=O)c2ccccc2)C1. The van der Waals surface area contributed by atoms with E-state index >= 15 is 0 Å². The van der Waals surface area contributed by atoms with Crippen molar-refractivity contribution in [1.82, 2.24) is 9.80 Å². The van der Waals surface area contributed by atoms with Crippen LogP contribution in [0.1, 0.15) is 30.1 Å². The number of carbonyl (C=O) groups excluding carboxylic acids is 3. The summed E-state index contributed by atoms with van der Waals surface area (Å²) in [6.07, 6.45) is 1.52. The average molecular weight is 376 g/mol. The van der Waals surface area contributed by atoms with E-state index < -0.39 is 6.04 Å². The molecule has 2 aliphatic rings. The molecule has 1 aromatic carbocycles. The number of ether oxygens (including phenoxy) is 1. The Morgan fingerprint density at radius 2 is 2.00 bits per heavy atom. The minimum absolute atomic E-state index is 0.0618. The Kier molecular flexibility index (Phi) is 6.19. The number of likely N-dealkylation sites (tertiary alicyclic amines) is 1. The lowest BCUT2D eigenvalue weighted by Crippen LogP contribution is -2.52. The fourth-order valence-electron chi connectivity index (χ4n) is 3.43. The van der Waals surface area contributed by atoms with E-state index in [-0.39, 0.29) is 23.7 Å². The third-order valence-electron chi connectivity index (χ3n) is 4.80. The summed E-state index contributed by atoms with van der Waals surface area (Å²) >= 11 is 1.59. The van der Waals surface area contributed by atoms with E-state index in [4.69, 9.17) is 4.74 Å². The zero-order valence-corrected chi connectivity index (χ0v) is 15.7. The first-order chi connectivity index (χ1) is 12.6. The number of piperidine rings is 1. The van der Waals surface area contributed by atoms with E-state index in [9.17, 15) is 14.4 Å². The van der Waals surface area contributed by atoms with Gasteiger partial charge in [0, 0.05) is 24.4 Å². The van der Waals surface area contributed by atoms with Gasteiger partial charge in [-0.05, 0) is 31.9 Å². The number of carbonyl (C=O) groups is 3. The lowest BCUT2D eigenvalue weighted by Gasteiger charge is -2.35. The fourth-order valence-corrected chi connectivity index (χ4v) is 4.58. The molecule has 0 unspecified atom stereocenters. The molecule has 0 N–H and O–H groups in total. The maximum absolute atomic E-state index is 13.0. The molecule has 3 rings (SSSR count). The molecule has 2 heterocycles. The Hall–Kier alpha value is -2.02. The predicted octanol–water partition coefficient (Wildman–Crippen LogP) is 2.00. The minimum Gasteiger partial charge on any atom is -0.466 e. The molecule has 6 nitrogen and oxygen atoms in total. The largest absolute Gasteiger partial charge is 0.466 e. The smallest absolute Gasteiger partial charge is 0.310 e. The monoisotopic (exact) mass is 376 g/mol. The second kappa shape index (κ2) is 8.58. The first-order valence-electron chi connectivity index (χ1n) is 9.01. The average Bonchev–Trinajstić information content (AvgIpc) is 3.17. The minimum atomic E-state index is -0.464. The molecule has 140 valence electrons. The molecular weight excluding hydrogens is 352 g/mol. The Morgan fingerprint density at radius 1 is 1.23 bits per heavy atom. The summed E-state index contributed by atoms with van der Waals surface area (Å²) in [5, 5.41) is 0. The summed E-state index contributed by atoms with van der Waals surface area (Å²) in [5.41, 5.74) is 0.593. The zero-order chi connectivity index (χ0) is 18.5. The quantitative estimate of drug-likeness (QED) is 0.752. The van der Waals surface area contributed by atoms with Gasteiger partial charge in [0.1, 0.15) is 6.04 Å². The summed E-state index contributed by atoms with van der Waals surface area (Å²) in [5.74, 6) is 0.432. The summed E-state index contributed by atoms with van der Waals surface area (Å²) in [6.45, 7) is 3.14. The second-order valence-corrected chi connectivity index (χ2v) is 7.53. The summed E-state index contributed by atoms with van der Waals surface area (Å²) < 4.78 is 5.11. The molecule has 2 atom stereocenters. The van der Waals surface area contributed by atoms with Crippen molar-refractivity contribution in [1.29, 1.82) is 0 Å². The fraction of sp³-hybridized carbons (Fsp3) is 0.526. The van der Waals surface area contributed by atoms with Crippen molar-refractivity contribution in [3.63, 3.8) is 0 Å². The third kappa shape index (κ3) is 4.03. The van der Waals surface area contributed by atoms with Crippen LogP contribution in [0, 0.1) is 5.92 Å². The standard InChI is InChI=1S/C19H24N2O4S/c1-2-25-19(24)15-9-6-10-20(11-15)18(23)16-12-26-13-21(16)17(22)14-7-4-3-5-8-14/h3-5,7-8,15-16H,2,6,9-13H2,1H3/t15-,16+/m1/s1. The lowest BCUT2D eigenvalue weighted by molar-refractivity contribution is -0.151. The number of thioether (sulfide) groups is 1. The van der Waals surface area contributed by atoms with Gasteiger partial charge in [-0.15, -0.1) is 11.8 Å². The molecule has 2 aliphatic heterocycles. The van der Waals surface area contributed by atoms with Gasteiger partial charge in [-0.25, -0.2) is 0 Å². The first-order valence-corrected chi connectivity index (χ1v) is 10.2. The number of amides is 2. The molecule has 0 bridgehead atoms. The summed E-state index contributed by atoms with van der Waals surface area (Å²) in [4.78, 5) is 41.2. The molecule has 2 fully saturated rings. The van der Waals surface area contributed by atoms with Gasteiger partial charge >= 0.3 is 5.97 Å². The zero-order valence-electron chi connectivity index (χ0n) is 14.9. The van der Waals surface area contributed by atoms with Gasteiger partial charge in [-0.2, -0.15) is 0 Å². The molecule has 0 aromatic heterocycles. The highest BCUT2D eigenvalue weighted by Gasteiger charge is 2.39. The van der Waals surface area contributed by atoms with Gasteiger partial charge < -0.3 is 14.5 Å². The number of benzene rings is 1. The van der Waals surface area contributed by atoms with E-state index in [1.807, 2.05) is 18.2 Å².